The molecule has 0 unspecified atom stereocenters. The second kappa shape index (κ2) is 4.75. The van der Waals surface area contributed by atoms with E-state index in [0.29, 0.717) is 0 Å². The molecular formula is C14H16ClN3. The highest BCUT2D eigenvalue weighted by Crippen LogP contribution is 2.20. The number of nitrogens with one attached hydrogen (secondary N) is 1. The van der Waals surface area contributed by atoms with Gasteiger partial charge in [0.25, 0.3) is 0 Å². The molecule has 1 aliphatic carbocycles. The van der Waals surface area contributed by atoms with E-state index in [4.69, 9.17) is 11.6 Å². The van der Waals surface area contributed by atoms with Crippen molar-refractivity contribution < 1.29 is 0 Å². The van der Waals surface area contributed by atoms with E-state index in [1.54, 1.807) is 0 Å². The summed E-state index contributed by atoms with van der Waals surface area (Å²) >= 11 is 5.96. The summed E-state index contributed by atoms with van der Waals surface area (Å²) in [6.45, 7) is 2.95. The summed E-state index contributed by atoms with van der Waals surface area (Å²) in [5, 5.41) is 8.66. The predicted octanol–water partition coefficient (Wildman–Crippen LogP) is 3.09. The van der Waals surface area contributed by atoms with Crippen molar-refractivity contribution in [1.29, 1.82) is 0 Å². The number of rotatable bonds is 4. The van der Waals surface area contributed by atoms with Gasteiger partial charge in [-0.3, -0.25) is 0 Å². The van der Waals surface area contributed by atoms with Gasteiger partial charge in [0, 0.05) is 29.4 Å². The van der Waals surface area contributed by atoms with Crippen LogP contribution in [0, 0.1) is 6.92 Å². The summed E-state index contributed by atoms with van der Waals surface area (Å²) in [5.74, 6) is 0. The molecule has 0 radical (unpaired) electrons. The molecule has 1 N–H and O–H groups in total. The average Bonchev–Trinajstić information content (AvgIpc) is 3.05. The van der Waals surface area contributed by atoms with Gasteiger partial charge in [-0.25, -0.2) is 4.68 Å². The van der Waals surface area contributed by atoms with E-state index in [2.05, 4.69) is 16.6 Å². The van der Waals surface area contributed by atoms with Crippen LogP contribution in [0.15, 0.2) is 30.6 Å². The molecule has 1 fully saturated rings. The lowest BCUT2D eigenvalue weighted by Gasteiger charge is -2.05. The smallest absolute Gasteiger partial charge is 0.0675 e. The molecule has 1 heterocycles. The highest BCUT2D eigenvalue weighted by molar-refractivity contribution is 6.30. The molecule has 0 atom stereocenters. The van der Waals surface area contributed by atoms with Crippen molar-refractivity contribution in [2.75, 3.05) is 0 Å². The topological polar surface area (TPSA) is 29.9 Å². The molecule has 0 spiro atoms. The van der Waals surface area contributed by atoms with E-state index in [1.807, 2.05) is 36.0 Å². The maximum atomic E-state index is 5.96. The van der Waals surface area contributed by atoms with Gasteiger partial charge in [0.1, 0.15) is 0 Å². The molecule has 0 aliphatic heterocycles. The third-order valence-corrected chi connectivity index (χ3v) is 3.45. The molecule has 1 aliphatic rings. The largest absolute Gasteiger partial charge is 0.310 e. The molecule has 1 aromatic heterocycles. The molecule has 0 bridgehead atoms. The fourth-order valence-electron chi connectivity index (χ4n) is 2.01. The van der Waals surface area contributed by atoms with E-state index in [0.717, 1.165) is 28.9 Å². The molecule has 4 heteroatoms. The molecular weight excluding hydrogens is 246 g/mol. The Labute approximate surface area is 112 Å². The summed E-state index contributed by atoms with van der Waals surface area (Å²) < 4.78 is 1.91. The van der Waals surface area contributed by atoms with Gasteiger partial charge in [0.05, 0.1) is 11.9 Å². The van der Waals surface area contributed by atoms with Gasteiger partial charge in [0.15, 0.2) is 0 Å². The molecule has 1 aromatic carbocycles. The average molecular weight is 262 g/mol. The van der Waals surface area contributed by atoms with Gasteiger partial charge < -0.3 is 5.32 Å². The van der Waals surface area contributed by atoms with Crippen LogP contribution in [0.5, 0.6) is 0 Å². The number of aryl methyl sites for hydroxylation is 1. The summed E-state index contributed by atoms with van der Waals surface area (Å²) in [7, 11) is 0. The number of aromatic nitrogens is 2. The van der Waals surface area contributed by atoms with Crippen molar-refractivity contribution in [1.82, 2.24) is 15.1 Å². The quantitative estimate of drug-likeness (QED) is 0.917. The molecule has 0 saturated heterocycles. The molecule has 3 rings (SSSR count). The number of hydrogen-bond donors (Lipinski definition) is 1. The maximum Gasteiger partial charge on any atom is 0.0675 e. The molecule has 94 valence electrons. The Hall–Kier alpha value is -1.32. The highest BCUT2D eigenvalue weighted by atomic mass is 35.5. The van der Waals surface area contributed by atoms with E-state index < -0.39 is 0 Å². The van der Waals surface area contributed by atoms with E-state index in [1.165, 1.54) is 18.4 Å². The highest BCUT2D eigenvalue weighted by Gasteiger charge is 2.20. The molecule has 0 amide bonds. The molecule has 1 saturated carbocycles. The van der Waals surface area contributed by atoms with Crippen molar-refractivity contribution in [3.05, 3.63) is 46.7 Å². The molecule has 3 nitrogen and oxygen atoms in total. The van der Waals surface area contributed by atoms with Crippen LogP contribution < -0.4 is 5.32 Å². The van der Waals surface area contributed by atoms with Crippen molar-refractivity contribution in [2.45, 2.75) is 32.4 Å². The van der Waals surface area contributed by atoms with Gasteiger partial charge in [0.2, 0.25) is 0 Å². The van der Waals surface area contributed by atoms with Crippen LogP contribution >= 0.6 is 11.6 Å². The minimum Gasteiger partial charge on any atom is -0.310 e. The van der Waals surface area contributed by atoms with Crippen molar-refractivity contribution >= 4 is 11.6 Å². The number of nitrogens with zero attached hydrogens (tertiary/aromatic N) is 2. The minimum atomic E-state index is 0.727. The third kappa shape index (κ3) is 2.57. The van der Waals surface area contributed by atoms with Gasteiger partial charge in [-0.1, -0.05) is 11.6 Å². The Morgan fingerprint density at radius 3 is 3.00 bits per heavy atom. The molecule has 18 heavy (non-hydrogen) atoms. The number of benzene rings is 1. The molecule has 2 aromatic rings. The Bertz CT molecular complexity index is 558. The van der Waals surface area contributed by atoms with Crippen molar-refractivity contribution in [3.63, 3.8) is 0 Å². The summed E-state index contributed by atoms with van der Waals surface area (Å²) in [6, 6.07) is 6.59. The first-order chi connectivity index (χ1) is 8.72. The standard InChI is InChI=1S/C14H16ClN3/c1-10-6-12(15)2-5-14(10)18-9-11(8-17-18)7-16-13-3-4-13/h2,5-6,8-9,13,16H,3-4,7H2,1H3. The zero-order valence-corrected chi connectivity index (χ0v) is 11.1. The van der Waals surface area contributed by atoms with E-state index in [-0.39, 0.29) is 0 Å². The van der Waals surface area contributed by atoms with Gasteiger partial charge >= 0.3 is 0 Å². The van der Waals surface area contributed by atoms with Gasteiger partial charge in [-0.15, -0.1) is 0 Å². The Kier molecular flexibility index (Phi) is 3.10. The summed E-state index contributed by atoms with van der Waals surface area (Å²) in [4.78, 5) is 0. The van der Waals surface area contributed by atoms with Crippen LogP contribution in [-0.4, -0.2) is 15.8 Å². The van der Waals surface area contributed by atoms with Crippen LogP contribution in [0.1, 0.15) is 24.0 Å². The third-order valence-electron chi connectivity index (χ3n) is 3.21. The van der Waals surface area contributed by atoms with Crippen LogP contribution in [-0.2, 0) is 6.54 Å². The predicted molar refractivity (Wildman–Crippen MR) is 73.2 cm³/mol. The Morgan fingerprint density at radius 2 is 2.28 bits per heavy atom. The summed E-state index contributed by atoms with van der Waals surface area (Å²) in [5.41, 5.74) is 3.43. The summed E-state index contributed by atoms with van der Waals surface area (Å²) in [6.07, 6.45) is 6.61. The normalized spacial score (nSPS) is 15.0. The zero-order valence-electron chi connectivity index (χ0n) is 10.4. The first kappa shape index (κ1) is 11.8. The Balaban J connectivity index is 1.78. The first-order valence-electron chi connectivity index (χ1n) is 6.26. The minimum absolute atomic E-state index is 0.727. The number of halogens is 1. The van der Waals surface area contributed by atoms with Crippen LogP contribution in [0.3, 0.4) is 0 Å². The second-order valence-corrected chi connectivity index (χ2v) is 5.32. The zero-order chi connectivity index (χ0) is 12.5. The SMILES string of the molecule is Cc1cc(Cl)ccc1-n1cc(CNC2CC2)cn1. The monoisotopic (exact) mass is 261 g/mol. The lowest BCUT2D eigenvalue weighted by molar-refractivity contribution is 0.687. The second-order valence-electron chi connectivity index (χ2n) is 4.88. The fourth-order valence-corrected chi connectivity index (χ4v) is 2.24. The van der Waals surface area contributed by atoms with Crippen molar-refractivity contribution in [3.8, 4) is 5.69 Å². The number of hydrogen-bond acceptors (Lipinski definition) is 2. The van der Waals surface area contributed by atoms with Crippen LogP contribution in [0.2, 0.25) is 5.02 Å². The lowest BCUT2D eigenvalue weighted by atomic mass is 10.2. The van der Waals surface area contributed by atoms with Gasteiger partial charge in [-0.05, 0) is 43.5 Å². The Morgan fingerprint density at radius 1 is 1.44 bits per heavy atom. The van der Waals surface area contributed by atoms with E-state index >= 15 is 0 Å². The lowest BCUT2D eigenvalue weighted by Crippen LogP contribution is -2.14. The first-order valence-corrected chi connectivity index (χ1v) is 6.63. The fraction of sp³-hybridized carbons (Fsp3) is 0.357. The van der Waals surface area contributed by atoms with Crippen molar-refractivity contribution in [2.24, 2.45) is 0 Å². The maximum absolute atomic E-state index is 5.96. The van der Waals surface area contributed by atoms with Gasteiger partial charge in [-0.2, -0.15) is 5.10 Å². The van der Waals surface area contributed by atoms with Crippen LogP contribution in [0.25, 0.3) is 5.69 Å². The van der Waals surface area contributed by atoms with E-state index in [9.17, 15) is 0 Å². The van der Waals surface area contributed by atoms with Crippen LogP contribution in [0.4, 0.5) is 0 Å².